The maximum atomic E-state index is 10.5. The molecule has 0 amide bonds. The summed E-state index contributed by atoms with van der Waals surface area (Å²) >= 11 is 0. The van der Waals surface area contributed by atoms with Crippen molar-refractivity contribution in [3.63, 3.8) is 0 Å². The van der Waals surface area contributed by atoms with Gasteiger partial charge in [-0.2, -0.15) is 0 Å². The first-order chi connectivity index (χ1) is 8.50. The predicted molar refractivity (Wildman–Crippen MR) is 77.7 cm³/mol. The Kier molecular flexibility index (Phi) is 3.64. The number of aromatic nitrogens is 1. The predicted octanol–water partition coefficient (Wildman–Crippen LogP) is 2.71. The van der Waals surface area contributed by atoms with Crippen LogP contribution in [0, 0.1) is 0 Å². The van der Waals surface area contributed by atoms with E-state index in [-0.39, 0.29) is 0 Å². The van der Waals surface area contributed by atoms with E-state index in [1.165, 1.54) is 5.19 Å². The van der Waals surface area contributed by atoms with Crippen LogP contribution in [-0.4, -0.2) is 18.2 Å². The third kappa shape index (κ3) is 2.68. The van der Waals surface area contributed by atoms with Crippen LogP contribution in [0.4, 0.5) is 0 Å². The van der Waals surface area contributed by atoms with Crippen LogP contribution in [0.1, 0.15) is 17.2 Å². The molecular weight excluding hydrogens is 238 g/mol. The number of hydrogen-bond donors (Lipinski definition) is 1. The van der Waals surface area contributed by atoms with Crippen LogP contribution in [-0.2, 0) is 0 Å². The fourth-order valence-electron chi connectivity index (χ4n) is 2.14. The van der Waals surface area contributed by atoms with E-state index in [4.69, 9.17) is 0 Å². The number of pyridine rings is 1. The highest BCUT2D eigenvalue weighted by Gasteiger charge is 2.23. The van der Waals surface area contributed by atoms with E-state index >= 15 is 0 Å². The Morgan fingerprint density at radius 3 is 2.39 bits per heavy atom. The van der Waals surface area contributed by atoms with Crippen LogP contribution in [0.15, 0.2) is 48.8 Å². The molecule has 2 aromatic rings. The van der Waals surface area contributed by atoms with E-state index in [0.717, 1.165) is 11.1 Å². The Morgan fingerprint density at radius 1 is 1.06 bits per heavy atom. The zero-order chi connectivity index (χ0) is 13.2. The molecule has 1 aromatic carbocycles. The lowest BCUT2D eigenvalue weighted by Gasteiger charge is -2.23. The Bertz CT molecular complexity index is 520. The van der Waals surface area contributed by atoms with Crippen molar-refractivity contribution in [2.45, 2.75) is 25.7 Å². The second-order valence-electron chi connectivity index (χ2n) is 5.53. The highest BCUT2D eigenvalue weighted by atomic mass is 28.3. The van der Waals surface area contributed by atoms with Crippen LogP contribution < -0.4 is 5.19 Å². The van der Waals surface area contributed by atoms with Gasteiger partial charge >= 0.3 is 0 Å². The van der Waals surface area contributed by atoms with E-state index in [9.17, 15) is 5.11 Å². The molecule has 1 heterocycles. The molecule has 1 atom stereocenters. The zero-order valence-corrected chi connectivity index (χ0v) is 12.1. The van der Waals surface area contributed by atoms with Crippen LogP contribution in [0.2, 0.25) is 19.6 Å². The van der Waals surface area contributed by atoms with Crippen molar-refractivity contribution in [1.82, 2.24) is 4.98 Å². The summed E-state index contributed by atoms with van der Waals surface area (Å²) < 4.78 is 0. The average molecular weight is 257 g/mol. The van der Waals surface area contributed by atoms with Gasteiger partial charge in [-0.1, -0.05) is 55.2 Å². The molecule has 1 aromatic heterocycles. The summed E-state index contributed by atoms with van der Waals surface area (Å²) in [5.74, 6) is 0. The fraction of sp³-hybridized carbons (Fsp3) is 0.267. The van der Waals surface area contributed by atoms with Crippen molar-refractivity contribution in [1.29, 1.82) is 0 Å². The normalized spacial score (nSPS) is 13.3. The van der Waals surface area contributed by atoms with Gasteiger partial charge in [0.05, 0.1) is 8.07 Å². The molecule has 0 fully saturated rings. The maximum absolute atomic E-state index is 10.5. The number of rotatable bonds is 3. The quantitative estimate of drug-likeness (QED) is 0.858. The highest BCUT2D eigenvalue weighted by Crippen LogP contribution is 2.21. The zero-order valence-electron chi connectivity index (χ0n) is 11.1. The minimum Gasteiger partial charge on any atom is -0.384 e. The Labute approximate surface area is 109 Å². The molecule has 0 radical (unpaired) electrons. The van der Waals surface area contributed by atoms with Gasteiger partial charge in [-0.05, 0) is 11.6 Å². The molecule has 0 aliphatic heterocycles. The van der Waals surface area contributed by atoms with Crippen LogP contribution in [0.3, 0.4) is 0 Å². The molecule has 0 spiro atoms. The van der Waals surface area contributed by atoms with E-state index < -0.39 is 14.2 Å². The molecule has 2 rings (SSSR count). The number of benzene rings is 1. The molecule has 0 saturated carbocycles. The molecule has 1 N–H and O–H groups in total. The second-order valence-corrected chi connectivity index (χ2v) is 10.6. The van der Waals surface area contributed by atoms with Crippen molar-refractivity contribution in [3.05, 3.63) is 59.9 Å². The number of aliphatic hydroxyl groups excluding tert-OH is 1. The maximum Gasteiger partial charge on any atom is 0.105 e. The van der Waals surface area contributed by atoms with Gasteiger partial charge in [-0.25, -0.2) is 0 Å². The first-order valence-corrected chi connectivity index (χ1v) is 9.67. The van der Waals surface area contributed by atoms with Crippen LogP contribution >= 0.6 is 0 Å². The number of aliphatic hydroxyl groups is 1. The largest absolute Gasteiger partial charge is 0.384 e. The fourth-order valence-corrected chi connectivity index (χ4v) is 3.82. The van der Waals surface area contributed by atoms with Crippen molar-refractivity contribution in [3.8, 4) is 0 Å². The lowest BCUT2D eigenvalue weighted by molar-refractivity contribution is 0.221. The third-order valence-electron chi connectivity index (χ3n) is 3.06. The highest BCUT2D eigenvalue weighted by molar-refractivity contribution is 6.89. The lowest BCUT2D eigenvalue weighted by Crippen LogP contribution is -2.40. The summed E-state index contributed by atoms with van der Waals surface area (Å²) in [7, 11) is -1.45. The minimum absolute atomic E-state index is 0.582. The van der Waals surface area contributed by atoms with E-state index in [1.807, 2.05) is 30.3 Å². The van der Waals surface area contributed by atoms with Gasteiger partial charge in [-0.3, -0.25) is 4.98 Å². The molecule has 0 aliphatic carbocycles. The second kappa shape index (κ2) is 5.04. The average Bonchev–Trinajstić information content (AvgIpc) is 2.38. The molecule has 3 heteroatoms. The van der Waals surface area contributed by atoms with Crippen LogP contribution in [0.25, 0.3) is 0 Å². The van der Waals surface area contributed by atoms with Gasteiger partial charge in [0.1, 0.15) is 6.10 Å². The molecular formula is C15H19NOSi. The summed E-state index contributed by atoms with van der Waals surface area (Å²) in [5, 5.41) is 11.8. The lowest BCUT2D eigenvalue weighted by atomic mass is 10.0. The summed E-state index contributed by atoms with van der Waals surface area (Å²) in [4.78, 5) is 4.07. The third-order valence-corrected chi connectivity index (χ3v) is 5.13. The minimum atomic E-state index is -1.45. The van der Waals surface area contributed by atoms with Gasteiger partial charge in [0.2, 0.25) is 0 Å². The number of hydrogen-bond acceptors (Lipinski definition) is 2. The van der Waals surface area contributed by atoms with Gasteiger partial charge < -0.3 is 5.11 Å². The van der Waals surface area contributed by atoms with Crippen molar-refractivity contribution >= 4 is 13.3 Å². The SMILES string of the molecule is C[Si](C)(C)c1ccccc1[C@@H](O)c1cccnc1. The smallest absolute Gasteiger partial charge is 0.105 e. The molecule has 0 unspecified atom stereocenters. The first kappa shape index (κ1) is 13.0. The molecule has 18 heavy (non-hydrogen) atoms. The van der Waals surface area contributed by atoms with E-state index in [1.54, 1.807) is 12.4 Å². The number of nitrogens with zero attached hydrogens (tertiary/aromatic N) is 1. The Hall–Kier alpha value is -1.45. The van der Waals surface area contributed by atoms with E-state index in [2.05, 4.69) is 30.7 Å². The Morgan fingerprint density at radius 2 is 1.78 bits per heavy atom. The molecule has 0 aliphatic rings. The van der Waals surface area contributed by atoms with Crippen molar-refractivity contribution in [2.75, 3.05) is 0 Å². The van der Waals surface area contributed by atoms with Crippen molar-refractivity contribution in [2.24, 2.45) is 0 Å². The molecule has 0 bridgehead atoms. The molecule has 2 nitrogen and oxygen atoms in total. The van der Waals surface area contributed by atoms with Crippen molar-refractivity contribution < 1.29 is 5.11 Å². The molecule has 94 valence electrons. The van der Waals surface area contributed by atoms with Crippen LogP contribution in [0.5, 0.6) is 0 Å². The molecule has 0 saturated heterocycles. The standard InChI is InChI=1S/C15H19NOSi/c1-18(2,3)14-9-5-4-8-13(14)15(17)12-7-6-10-16-11-12/h4-11,15,17H,1-3H3/t15-/m0/s1. The summed E-state index contributed by atoms with van der Waals surface area (Å²) in [6, 6.07) is 12.0. The topological polar surface area (TPSA) is 33.1 Å². The van der Waals surface area contributed by atoms with Gasteiger partial charge in [0, 0.05) is 18.0 Å². The summed E-state index contributed by atoms with van der Waals surface area (Å²) in [6.07, 6.45) is 2.87. The van der Waals surface area contributed by atoms with Gasteiger partial charge in [0.25, 0.3) is 0 Å². The van der Waals surface area contributed by atoms with Gasteiger partial charge in [0.15, 0.2) is 0 Å². The Balaban J connectivity index is 2.46. The summed E-state index contributed by atoms with van der Waals surface area (Å²) in [6.45, 7) is 6.88. The monoisotopic (exact) mass is 257 g/mol. The van der Waals surface area contributed by atoms with Gasteiger partial charge in [-0.15, -0.1) is 0 Å². The summed E-state index contributed by atoms with van der Waals surface area (Å²) in [5.41, 5.74) is 1.87. The van der Waals surface area contributed by atoms with E-state index in [0.29, 0.717) is 0 Å². The first-order valence-electron chi connectivity index (χ1n) is 6.17.